The maximum Gasteiger partial charge on any atom is 0.471 e. The SMILES string of the molecule is O=C(NC1CCCCC1(F)F)C(F)(F)F. The standard InChI is InChI=1S/C8H10F5NO/c9-7(10)4-2-1-3-5(7)14-6(15)8(11,12)13/h5H,1-4H2,(H,14,15). The van der Waals surface area contributed by atoms with Crippen LogP contribution in [0.2, 0.25) is 0 Å². The Kier molecular flexibility index (Phi) is 3.20. The van der Waals surface area contributed by atoms with E-state index in [0.717, 1.165) is 0 Å². The Balaban J connectivity index is 2.61. The Morgan fingerprint density at radius 2 is 1.87 bits per heavy atom. The van der Waals surface area contributed by atoms with Crippen LogP contribution in [0.4, 0.5) is 22.0 Å². The van der Waals surface area contributed by atoms with Gasteiger partial charge in [-0.15, -0.1) is 0 Å². The summed E-state index contributed by atoms with van der Waals surface area (Å²) in [5.41, 5.74) is 0. The van der Waals surface area contributed by atoms with E-state index in [4.69, 9.17) is 0 Å². The van der Waals surface area contributed by atoms with Gasteiger partial charge in [-0.25, -0.2) is 8.78 Å². The molecule has 1 N–H and O–H groups in total. The van der Waals surface area contributed by atoms with Crippen LogP contribution in [-0.2, 0) is 4.79 Å². The van der Waals surface area contributed by atoms with E-state index in [9.17, 15) is 26.7 Å². The molecule has 0 aromatic rings. The van der Waals surface area contributed by atoms with Crippen LogP contribution in [0.15, 0.2) is 0 Å². The zero-order chi connectivity index (χ0) is 11.7. The van der Waals surface area contributed by atoms with Crippen molar-refractivity contribution < 1.29 is 26.7 Å². The Labute approximate surface area is 82.8 Å². The van der Waals surface area contributed by atoms with Gasteiger partial charge in [0.05, 0.1) is 6.04 Å². The molecule has 7 heteroatoms. The third-order valence-electron chi connectivity index (χ3n) is 2.33. The summed E-state index contributed by atoms with van der Waals surface area (Å²) in [5, 5.41) is 1.34. The molecule has 1 fully saturated rings. The summed E-state index contributed by atoms with van der Waals surface area (Å²) in [6.45, 7) is 0. The van der Waals surface area contributed by atoms with Crippen molar-refractivity contribution in [3.8, 4) is 0 Å². The highest BCUT2D eigenvalue weighted by Crippen LogP contribution is 2.33. The fourth-order valence-corrected chi connectivity index (χ4v) is 1.51. The van der Waals surface area contributed by atoms with Gasteiger partial charge < -0.3 is 5.32 Å². The first-order valence-electron chi connectivity index (χ1n) is 4.49. The lowest BCUT2D eigenvalue weighted by molar-refractivity contribution is -0.178. The van der Waals surface area contributed by atoms with E-state index in [1.165, 1.54) is 5.32 Å². The van der Waals surface area contributed by atoms with Crippen molar-refractivity contribution in [2.75, 3.05) is 0 Å². The molecular weight excluding hydrogens is 221 g/mol. The second-order valence-electron chi connectivity index (χ2n) is 3.53. The van der Waals surface area contributed by atoms with Gasteiger partial charge in [0.25, 0.3) is 5.92 Å². The smallest absolute Gasteiger partial charge is 0.339 e. The summed E-state index contributed by atoms with van der Waals surface area (Å²) in [4.78, 5) is 10.5. The predicted octanol–water partition coefficient (Wildman–Crippen LogP) is 2.24. The minimum Gasteiger partial charge on any atom is -0.339 e. The van der Waals surface area contributed by atoms with Crippen molar-refractivity contribution in [2.45, 2.75) is 43.8 Å². The first-order chi connectivity index (χ1) is 6.73. The summed E-state index contributed by atoms with van der Waals surface area (Å²) in [6.07, 6.45) is -5.03. The van der Waals surface area contributed by atoms with E-state index < -0.39 is 30.5 Å². The highest BCUT2D eigenvalue weighted by atomic mass is 19.4. The molecule has 1 amide bonds. The highest BCUT2D eigenvalue weighted by molar-refractivity contribution is 5.82. The van der Waals surface area contributed by atoms with Gasteiger partial charge in [-0.1, -0.05) is 6.42 Å². The molecule has 88 valence electrons. The molecule has 0 aromatic carbocycles. The zero-order valence-electron chi connectivity index (χ0n) is 7.70. The number of carbonyl (C=O) groups is 1. The number of hydrogen-bond acceptors (Lipinski definition) is 1. The summed E-state index contributed by atoms with van der Waals surface area (Å²) in [7, 11) is 0. The fourth-order valence-electron chi connectivity index (χ4n) is 1.51. The second-order valence-corrected chi connectivity index (χ2v) is 3.53. The molecule has 1 aliphatic rings. The number of nitrogens with one attached hydrogen (secondary N) is 1. The van der Waals surface area contributed by atoms with E-state index in [0.29, 0.717) is 6.42 Å². The van der Waals surface area contributed by atoms with Crippen LogP contribution in [0.5, 0.6) is 0 Å². The monoisotopic (exact) mass is 231 g/mol. The molecule has 0 aliphatic heterocycles. The first-order valence-corrected chi connectivity index (χ1v) is 4.49. The molecule has 0 spiro atoms. The normalized spacial score (nSPS) is 26.1. The topological polar surface area (TPSA) is 29.1 Å². The molecule has 0 radical (unpaired) electrons. The molecule has 0 saturated heterocycles. The van der Waals surface area contributed by atoms with Gasteiger partial charge >= 0.3 is 12.1 Å². The first kappa shape index (κ1) is 12.2. The lowest BCUT2D eigenvalue weighted by Gasteiger charge is -2.31. The Bertz CT molecular complexity index is 250. The quantitative estimate of drug-likeness (QED) is 0.689. The van der Waals surface area contributed by atoms with Crippen LogP contribution in [0.25, 0.3) is 0 Å². The van der Waals surface area contributed by atoms with Gasteiger partial charge in [0.1, 0.15) is 0 Å². The van der Waals surface area contributed by atoms with Gasteiger partial charge in [0.15, 0.2) is 0 Å². The largest absolute Gasteiger partial charge is 0.471 e. The number of carbonyl (C=O) groups excluding carboxylic acids is 1. The van der Waals surface area contributed by atoms with Crippen molar-refractivity contribution in [3.63, 3.8) is 0 Å². The lowest BCUT2D eigenvalue weighted by Crippen LogP contribution is -2.52. The predicted molar refractivity (Wildman–Crippen MR) is 41.4 cm³/mol. The van der Waals surface area contributed by atoms with Gasteiger partial charge in [-0.05, 0) is 12.8 Å². The van der Waals surface area contributed by atoms with Crippen molar-refractivity contribution in [2.24, 2.45) is 0 Å². The molecule has 1 aliphatic carbocycles. The van der Waals surface area contributed by atoms with Gasteiger partial charge in [-0.3, -0.25) is 4.79 Å². The number of halogens is 5. The third-order valence-corrected chi connectivity index (χ3v) is 2.33. The van der Waals surface area contributed by atoms with Crippen LogP contribution >= 0.6 is 0 Å². The third kappa shape index (κ3) is 3.04. The van der Waals surface area contributed by atoms with Gasteiger partial charge in [0.2, 0.25) is 0 Å². The molecule has 1 unspecified atom stereocenters. The lowest BCUT2D eigenvalue weighted by atomic mass is 9.91. The molecule has 2 nitrogen and oxygen atoms in total. The summed E-state index contributed by atoms with van der Waals surface area (Å²) < 4.78 is 61.5. The Morgan fingerprint density at radius 3 is 2.33 bits per heavy atom. The molecule has 0 bridgehead atoms. The molecular formula is C8H10F5NO. The van der Waals surface area contributed by atoms with Crippen LogP contribution in [0, 0.1) is 0 Å². The molecule has 0 heterocycles. The van der Waals surface area contributed by atoms with Gasteiger partial charge in [-0.2, -0.15) is 13.2 Å². The van der Waals surface area contributed by atoms with Crippen molar-refractivity contribution in [1.29, 1.82) is 0 Å². The van der Waals surface area contributed by atoms with E-state index in [2.05, 4.69) is 0 Å². The van der Waals surface area contributed by atoms with Crippen LogP contribution < -0.4 is 5.32 Å². The highest BCUT2D eigenvalue weighted by Gasteiger charge is 2.47. The molecule has 1 atom stereocenters. The number of rotatable bonds is 1. The average molecular weight is 231 g/mol. The maximum absolute atomic E-state index is 13.0. The molecule has 0 aromatic heterocycles. The molecule has 1 rings (SSSR count). The molecule has 1 saturated carbocycles. The second kappa shape index (κ2) is 3.94. The van der Waals surface area contributed by atoms with E-state index >= 15 is 0 Å². The minimum atomic E-state index is -5.10. The van der Waals surface area contributed by atoms with Crippen LogP contribution in [0.1, 0.15) is 25.7 Å². The average Bonchev–Trinajstić information content (AvgIpc) is 2.06. The molecule has 15 heavy (non-hydrogen) atoms. The minimum absolute atomic E-state index is 0.116. The fraction of sp³-hybridized carbons (Fsp3) is 0.875. The van der Waals surface area contributed by atoms with Crippen molar-refractivity contribution >= 4 is 5.91 Å². The van der Waals surface area contributed by atoms with E-state index in [1.54, 1.807) is 0 Å². The number of amides is 1. The van der Waals surface area contributed by atoms with E-state index in [-0.39, 0.29) is 12.8 Å². The number of alkyl halides is 5. The summed E-state index contributed by atoms with van der Waals surface area (Å²) in [5.74, 6) is -5.53. The van der Waals surface area contributed by atoms with Crippen LogP contribution in [0.3, 0.4) is 0 Å². The summed E-state index contributed by atoms with van der Waals surface area (Å²) in [6, 6.07) is -1.69. The zero-order valence-corrected chi connectivity index (χ0v) is 7.70. The van der Waals surface area contributed by atoms with Crippen molar-refractivity contribution in [1.82, 2.24) is 5.32 Å². The number of hydrogen-bond donors (Lipinski definition) is 1. The summed E-state index contributed by atoms with van der Waals surface area (Å²) >= 11 is 0. The Hall–Kier alpha value is -0.880. The van der Waals surface area contributed by atoms with Crippen LogP contribution in [-0.4, -0.2) is 24.0 Å². The van der Waals surface area contributed by atoms with E-state index in [1.807, 2.05) is 0 Å². The van der Waals surface area contributed by atoms with Gasteiger partial charge in [0, 0.05) is 6.42 Å². The maximum atomic E-state index is 13.0. The Morgan fingerprint density at radius 1 is 1.27 bits per heavy atom. The van der Waals surface area contributed by atoms with Crippen molar-refractivity contribution in [3.05, 3.63) is 0 Å².